The van der Waals surface area contributed by atoms with Gasteiger partial charge in [0.1, 0.15) is 5.03 Å². The normalized spacial score (nSPS) is 13.3. The summed E-state index contributed by atoms with van der Waals surface area (Å²) in [6.07, 6.45) is 4.85. The number of carbonyl (C=O) groups is 1. The molecule has 1 aliphatic rings. The molecule has 0 fully saturated rings. The van der Waals surface area contributed by atoms with E-state index >= 15 is 0 Å². The van der Waals surface area contributed by atoms with Crippen LogP contribution in [0, 0.1) is 0 Å². The van der Waals surface area contributed by atoms with E-state index in [0.29, 0.717) is 5.03 Å². The lowest BCUT2D eigenvalue weighted by Crippen LogP contribution is -2.01. The summed E-state index contributed by atoms with van der Waals surface area (Å²) < 4.78 is 0. The van der Waals surface area contributed by atoms with Crippen LogP contribution in [-0.4, -0.2) is 21.3 Å². The van der Waals surface area contributed by atoms with Gasteiger partial charge in [0.15, 0.2) is 0 Å². The molecule has 0 spiro atoms. The Morgan fingerprint density at radius 3 is 2.89 bits per heavy atom. The Balaban J connectivity index is 1.91. The maximum atomic E-state index is 11.1. The second-order valence-corrected chi connectivity index (χ2v) is 5.50. The van der Waals surface area contributed by atoms with Crippen molar-refractivity contribution < 1.29 is 9.90 Å². The zero-order valence-electron chi connectivity index (χ0n) is 10.2. The van der Waals surface area contributed by atoms with Gasteiger partial charge in [-0.05, 0) is 48.6 Å². The van der Waals surface area contributed by atoms with Gasteiger partial charge in [-0.2, -0.15) is 5.10 Å². The number of benzene rings is 1. The van der Waals surface area contributed by atoms with E-state index in [1.165, 1.54) is 41.6 Å². The number of carboxylic acid groups (broad SMARTS) is 1. The molecule has 0 unspecified atom stereocenters. The SMILES string of the molecule is O=C(O)c1ccnnc1Sc1ccc2c(c1)CCC2. The van der Waals surface area contributed by atoms with Crippen molar-refractivity contribution in [2.24, 2.45) is 0 Å². The minimum absolute atomic E-state index is 0.195. The van der Waals surface area contributed by atoms with E-state index in [4.69, 9.17) is 5.11 Å². The van der Waals surface area contributed by atoms with E-state index in [1.807, 2.05) is 6.07 Å². The van der Waals surface area contributed by atoms with Crippen molar-refractivity contribution in [2.45, 2.75) is 29.2 Å². The monoisotopic (exact) mass is 272 g/mol. The molecule has 96 valence electrons. The summed E-state index contributed by atoms with van der Waals surface area (Å²) in [7, 11) is 0. The molecule has 0 amide bonds. The molecule has 0 radical (unpaired) electrons. The van der Waals surface area contributed by atoms with Gasteiger partial charge < -0.3 is 5.11 Å². The molecule has 3 rings (SSSR count). The number of hydrogen-bond donors (Lipinski definition) is 1. The van der Waals surface area contributed by atoms with Crippen LogP contribution in [0.25, 0.3) is 0 Å². The van der Waals surface area contributed by atoms with Crippen LogP contribution < -0.4 is 0 Å². The molecule has 4 nitrogen and oxygen atoms in total. The van der Waals surface area contributed by atoms with Gasteiger partial charge in [-0.15, -0.1) is 5.10 Å². The van der Waals surface area contributed by atoms with Crippen molar-refractivity contribution in [1.29, 1.82) is 0 Å². The molecule has 19 heavy (non-hydrogen) atoms. The van der Waals surface area contributed by atoms with Crippen molar-refractivity contribution in [3.05, 3.63) is 47.2 Å². The molecule has 1 aromatic carbocycles. The molecule has 1 aliphatic carbocycles. The third-order valence-corrected chi connectivity index (χ3v) is 4.19. The lowest BCUT2D eigenvalue weighted by atomic mass is 10.1. The first-order valence-corrected chi connectivity index (χ1v) is 6.90. The predicted molar refractivity (Wildman–Crippen MR) is 71.6 cm³/mol. The zero-order valence-corrected chi connectivity index (χ0v) is 11.0. The molecule has 0 saturated heterocycles. The Morgan fingerprint density at radius 1 is 1.21 bits per heavy atom. The van der Waals surface area contributed by atoms with Crippen LogP contribution in [0.2, 0.25) is 0 Å². The quantitative estimate of drug-likeness (QED) is 0.930. The number of rotatable bonds is 3. The summed E-state index contributed by atoms with van der Waals surface area (Å²) in [6, 6.07) is 7.76. The topological polar surface area (TPSA) is 63.1 Å². The highest BCUT2D eigenvalue weighted by Gasteiger charge is 2.15. The van der Waals surface area contributed by atoms with Gasteiger partial charge >= 0.3 is 5.97 Å². The van der Waals surface area contributed by atoms with Crippen LogP contribution in [0.15, 0.2) is 40.4 Å². The summed E-state index contributed by atoms with van der Waals surface area (Å²) >= 11 is 1.35. The highest BCUT2D eigenvalue weighted by molar-refractivity contribution is 7.99. The van der Waals surface area contributed by atoms with Crippen molar-refractivity contribution in [3.63, 3.8) is 0 Å². The molecule has 1 heterocycles. The third kappa shape index (κ3) is 2.46. The second-order valence-electron chi connectivity index (χ2n) is 4.44. The van der Waals surface area contributed by atoms with Crippen LogP contribution >= 0.6 is 11.8 Å². The molecule has 0 saturated carbocycles. The lowest BCUT2D eigenvalue weighted by molar-refractivity contribution is 0.0692. The van der Waals surface area contributed by atoms with Crippen molar-refractivity contribution in [3.8, 4) is 0 Å². The average molecular weight is 272 g/mol. The average Bonchev–Trinajstić information content (AvgIpc) is 2.86. The highest BCUT2D eigenvalue weighted by atomic mass is 32.2. The summed E-state index contributed by atoms with van der Waals surface area (Å²) in [4.78, 5) is 12.1. The van der Waals surface area contributed by atoms with Crippen molar-refractivity contribution >= 4 is 17.7 Å². The molecule has 2 aromatic rings. The van der Waals surface area contributed by atoms with Gasteiger partial charge in [-0.3, -0.25) is 0 Å². The first-order chi connectivity index (χ1) is 9.24. The fraction of sp³-hybridized carbons (Fsp3) is 0.214. The minimum Gasteiger partial charge on any atom is -0.478 e. The van der Waals surface area contributed by atoms with E-state index in [0.717, 1.165) is 17.7 Å². The van der Waals surface area contributed by atoms with Gasteiger partial charge in [0.05, 0.1) is 11.8 Å². The molecule has 0 aliphatic heterocycles. The van der Waals surface area contributed by atoms with Crippen LogP contribution in [-0.2, 0) is 12.8 Å². The standard InChI is InChI=1S/C14H12N2O2S/c17-14(18)12-6-7-15-16-13(12)19-11-5-4-9-2-1-3-10(9)8-11/h4-8H,1-3H2,(H,17,18). The Kier molecular flexibility index (Phi) is 3.21. The van der Waals surface area contributed by atoms with Crippen molar-refractivity contribution in [1.82, 2.24) is 10.2 Å². The van der Waals surface area contributed by atoms with E-state index < -0.39 is 5.97 Å². The van der Waals surface area contributed by atoms with Crippen LogP contribution in [0.1, 0.15) is 27.9 Å². The minimum atomic E-state index is -0.974. The third-order valence-electron chi connectivity index (χ3n) is 3.20. The second kappa shape index (κ2) is 5.01. The zero-order chi connectivity index (χ0) is 13.2. The first kappa shape index (κ1) is 12.2. The Morgan fingerprint density at radius 2 is 2.05 bits per heavy atom. The smallest absolute Gasteiger partial charge is 0.338 e. The summed E-state index contributed by atoms with van der Waals surface area (Å²) in [5.41, 5.74) is 2.97. The van der Waals surface area contributed by atoms with Crippen molar-refractivity contribution in [2.75, 3.05) is 0 Å². The molecular formula is C14H12N2O2S. The summed E-state index contributed by atoms with van der Waals surface area (Å²) in [6.45, 7) is 0. The number of carboxylic acids is 1. The maximum Gasteiger partial charge on any atom is 0.338 e. The summed E-state index contributed by atoms with van der Waals surface area (Å²) in [5, 5.41) is 17.2. The van der Waals surface area contributed by atoms with Gasteiger partial charge in [-0.25, -0.2) is 4.79 Å². The van der Waals surface area contributed by atoms with Gasteiger partial charge in [0.2, 0.25) is 0 Å². The Hall–Kier alpha value is -1.88. The number of aromatic nitrogens is 2. The Labute approximate surface area is 114 Å². The van der Waals surface area contributed by atoms with Gasteiger partial charge in [0.25, 0.3) is 0 Å². The van der Waals surface area contributed by atoms with Crippen LogP contribution in [0.4, 0.5) is 0 Å². The van der Waals surface area contributed by atoms with E-state index in [-0.39, 0.29) is 5.56 Å². The number of aromatic carboxylic acids is 1. The van der Waals surface area contributed by atoms with E-state index in [1.54, 1.807) is 0 Å². The van der Waals surface area contributed by atoms with Crippen LogP contribution in [0.5, 0.6) is 0 Å². The molecular weight excluding hydrogens is 260 g/mol. The molecule has 0 atom stereocenters. The predicted octanol–water partition coefficient (Wildman–Crippen LogP) is 2.81. The molecule has 5 heteroatoms. The van der Waals surface area contributed by atoms with Gasteiger partial charge in [-0.1, -0.05) is 17.8 Å². The lowest BCUT2D eigenvalue weighted by Gasteiger charge is -2.05. The van der Waals surface area contributed by atoms with Crippen LogP contribution in [0.3, 0.4) is 0 Å². The molecule has 0 bridgehead atoms. The fourth-order valence-corrected chi connectivity index (χ4v) is 3.19. The van der Waals surface area contributed by atoms with Gasteiger partial charge in [0, 0.05) is 4.90 Å². The van der Waals surface area contributed by atoms with E-state index in [9.17, 15) is 4.79 Å². The number of hydrogen-bond acceptors (Lipinski definition) is 4. The molecule has 1 aromatic heterocycles. The highest BCUT2D eigenvalue weighted by Crippen LogP contribution is 2.32. The fourth-order valence-electron chi connectivity index (χ4n) is 2.28. The number of fused-ring (bicyclic) bond motifs is 1. The van der Waals surface area contributed by atoms with E-state index in [2.05, 4.69) is 22.3 Å². The summed E-state index contributed by atoms with van der Waals surface area (Å²) in [5.74, 6) is -0.974. The Bertz CT molecular complexity index is 643. The first-order valence-electron chi connectivity index (χ1n) is 6.08. The number of aryl methyl sites for hydroxylation is 2. The number of nitrogens with zero attached hydrogens (tertiary/aromatic N) is 2. The maximum absolute atomic E-state index is 11.1. The largest absolute Gasteiger partial charge is 0.478 e. The molecule has 1 N–H and O–H groups in total.